The molecule has 1 aromatic carbocycles. The fourth-order valence-corrected chi connectivity index (χ4v) is 4.48. The van der Waals surface area contributed by atoms with E-state index in [-0.39, 0.29) is 0 Å². The highest BCUT2D eigenvalue weighted by molar-refractivity contribution is 7.99. The molecule has 0 amide bonds. The minimum atomic E-state index is -0.404. The number of rotatable bonds is 7. The lowest BCUT2D eigenvalue weighted by molar-refractivity contribution is 0.0601. The number of halogens is 1. The smallest absolute Gasteiger partial charge is 0.337 e. The third-order valence-electron chi connectivity index (χ3n) is 4.15. The number of benzene rings is 1. The van der Waals surface area contributed by atoms with Gasteiger partial charge in [-0.25, -0.2) is 4.79 Å². The van der Waals surface area contributed by atoms with Crippen LogP contribution in [0.3, 0.4) is 0 Å². The van der Waals surface area contributed by atoms with Crippen LogP contribution in [0.15, 0.2) is 18.2 Å². The first-order valence-corrected chi connectivity index (χ1v) is 10.5. The van der Waals surface area contributed by atoms with Gasteiger partial charge in [0.15, 0.2) is 5.11 Å². The van der Waals surface area contributed by atoms with Crippen molar-refractivity contribution in [1.29, 1.82) is 0 Å². The minimum absolute atomic E-state index is 0.404. The fourth-order valence-electron chi connectivity index (χ4n) is 2.79. The third kappa shape index (κ3) is 7.04. The first-order valence-electron chi connectivity index (χ1n) is 8.64. The van der Waals surface area contributed by atoms with Gasteiger partial charge in [0, 0.05) is 11.8 Å². The van der Waals surface area contributed by atoms with Crippen molar-refractivity contribution in [1.82, 2.24) is 5.32 Å². The van der Waals surface area contributed by atoms with Gasteiger partial charge in [-0.05, 0) is 55.4 Å². The van der Waals surface area contributed by atoms with E-state index in [9.17, 15) is 4.79 Å². The average Bonchev–Trinajstić information content (AvgIpc) is 2.63. The SMILES string of the molecule is COC(=O)c1ccc(Cl)c(NC(=S)NCCCSC2CCCCC2)c1. The van der Waals surface area contributed by atoms with Crippen molar-refractivity contribution in [2.45, 2.75) is 43.8 Å². The molecule has 25 heavy (non-hydrogen) atoms. The van der Waals surface area contributed by atoms with E-state index < -0.39 is 5.97 Å². The zero-order chi connectivity index (χ0) is 18.1. The number of thiocarbonyl (C=S) groups is 1. The summed E-state index contributed by atoms with van der Waals surface area (Å²) in [6.07, 6.45) is 7.97. The molecule has 0 aliphatic heterocycles. The van der Waals surface area contributed by atoms with Crippen molar-refractivity contribution in [3.8, 4) is 0 Å². The average molecular weight is 401 g/mol. The summed E-state index contributed by atoms with van der Waals surface area (Å²) in [5, 5.41) is 8.09. The van der Waals surface area contributed by atoms with E-state index in [1.807, 2.05) is 0 Å². The predicted octanol–water partition coefficient (Wildman–Crippen LogP) is 4.87. The van der Waals surface area contributed by atoms with Gasteiger partial charge in [-0.2, -0.15) is 11.8 Å². The zero-order valence-electron chi connectivity index (χ0n) is 14.5. The van der Waals surface area contributed by atoms with E-state index in [1.165, 1.54) is 39.2 Å². The Kier molecular flexibility index (Phi) is 8.85. The molecule has 0 saturated heterocycles. The lowest BCUT2D eigenvalue weighted by Gasteiger charge is -2.21. The molecule has 0 aromatic heterocycles. The van der Waals surface area contributed by atoms with E-state index in [0.29, 0.717) is 21.4 Å². The van der Waals surface area contributed by atoms with Gasteiger partial charge in [0.2, 0.25) is 0 Å². The molecule has 0 unspecified atom stereocenters. The maximum atomic E-state index is 11.6. The standard InChI is InChI=1S/C18H25ClN2O2S2/c1-23-17(22)13-8-9-15(19)16(12-13)21-18(24)20-10-5-11-25-14-6-3-2-4-7-14/h8-9,12,14H,2-7,10-11H2,1H3,(H2,20,21,24). The molecule has 1 aromatic rings. The summed E-state index contributed by atoms with van der Waals surface area (Å²) in [7, 11) is 1.35. The number of thioether (sulfide) groups is 1. The Morgan fingerprint density at radius 3 is 2.84 bits per heavy atom. The Bertz CT molecular complexity index is 592. The van der Waals surface area contributed by atoms with Gasteiger partial charge in [-0.1, -0.05) is 30.9 Å². The van der Waals surface area contributed by atoms with Crippen LogP contribution in [0.5, 0.6) is 0 Å². The normalized spacial score (nSPS) is 14.8. The largest absolute Gasteiger partial charge is 0.465 e. The van der Waals surface area contributed by atoms with Gasteiger partial charge in [0.1, 0.15) is 0 Å². The zero-order valence-corrected chi connectivity index (χ0v) is 16.9. The second kappa shape index (κ2) is 10.9. The van der Waals surface area contributed by atoms with E-state index in [0.717, 1.165) is 24.0 Å². The number of anilines is 1. The van der Waals surface area contributed by atoms with Crippen molar-refractivity contribution in [3.63, 3.8) is 0 Å². The molecule has 0 bridgehead atoms. The Morgan fingerprint density at radius 1 is 1.36 bits per heavy atom. The lowest BCUT2D eigenvalue weighted by Crippen LogP contribution is -2.29. The maximum Gasteiger partial charge on any atom is 0.337 e. The second-order valence-corrected chi connectivity index (χ2v) is 8.28. The molecular weight excluding hydrogens is 376 g/mol. The van der Waals surface area contributed by atoms with Crippen LogP contribution in [0.25, 0.3) is 0 Å². The summed E-state index contributed by atoms with van der Waals surface area (Å²) in [6, 6.07) is 4.92. The molecule has 2 rings (SSSR count). The molecule has 0 atom stereocenters. The van der Waals surface area contributed by atoms with Crippen LogP contribution in [0.2, 0.25) is 5.02 Å². The van der Waals surface area contributed by atoms with Crippen LogP contribution in [0.1, 0.15) is 48.9 Å². The molecule has 2 N–H and O–H groups in total. The molecule has 0 heterocycles. The number of carbonyl (C=O) groups excluding carboxylic acids is 1. The predicted molar refractivity (Wildman–Crippen MR) is 111 cm³/mol. The van der Waals surface area contributed by atoms with Gasteiger partial charge in [0.05, 0.1) is 23.4 Å². The Balaban J connectivity index is 1.70. The highest BCUT2D eigenvalue weighted by atomic mass is 35.5. The van der Waals surface area contributed by atoms with E-state index in [4.69, 9.17) is 28.6 Å². The van der Waals surface area contributed by atoms with E-state index >= 15 is 0 Å². The Hall–Kier alpha value is -0.980. The molecule has 0 radical (unpaired) electrons. The Morgan fingerprint density at radius 2 is 2.12 bits per heavy atom. The van der Waals surface area contributed by atoms with Crippen molar-refractivity contribution in [2.24, 2.45) is 0 Å². The van der Waals surface area contributed by atoms with Crippen LogP contribution < -0.4 is 10.6 Å². The molecule has 138 valence electrons. The van der Waals surface area contributed by atoms with E-state index in [1.54, 1.807) is 18.2 Å². The maximum absolute atomic E-state index is 11.6. The third-order valence-corrected chi connectivity index (χ3v) is 6.19. The van der Waals surface area contributed by atoms with Crippen LogP contribution in [-0.2, 0) is 4.74 Å². The molecule has 1 aliphatic rings. The summed E-state index contributed by atoms with van der Waals surface area (Å²) in [5.41, 5.74) is 1.03. The van der Waals surface area contributed by atoms with Crippen molar-refractivity contribution < 1.29 is 9.53 Å². The number of esters is 1. The van der Waals surface area contributed by atoms with Crippen molar-refractivity contribution in [2.75, 3.05) is 24.7 Å². The van der Waals surface area contributed by atoms with Crippen LogP contribution in [-0.4, -0.2) is 35.7 Å². The minimum Gasteiger partial charge on any atom is -0.465 e. The van der Waals surface area contributed by atoms with Gasteiger partial charge in [-0.15, -0.1) is 0 Å². The van der Waals surface area contributed by atoms with E-state index in [2.05, 4.69) is 22.4 Å². The summed E-state index contributed by atoms with van der Waals surface area (Å²) in [4.78, 5) is 11.6. The number of hydrogen-bond acceptors (Lipinski definition) is 4. The lowest BCUT2D eigenvalue weighted by atomic mass is 10.0. The topological polar surface area (TPSA) is 50.4 Å². The summed E-state index contributed by atoms with van der Waals surface area (Å²) in [6.45, 7) is 0.819. The number of carbonyl (C=O) groups is 1. The fraction of sp³-hybridized carbons (Fsp3) is 0.556. The highest BCUT2D eigenvalue weighted by Crippen LogP contribution is 2.28. The molecule has 1 fully saturated rings. The van der Waals surface area contributed by atoms with Gasteiger partial charge < -0.3 is 15.4 Å². The Labute approximate surface area is 164 Å². The highest BCUT2D eigenvalue weighted by Gasteiger charge is 2.13. The summed E-state index contributed by atoms with van der Waals surface area (Å²) in [5.74, 6) is 0.747. The molecule has 1 aliphatic carbocycles. The van der Waals surface area contributed by atoms with Gasteiger partial charge in [-0.3, -0.25) is 0 Å². The molecule has 4 nitrogen and oxygen atoms in total. The number of ether oxygens (including phenoxy) is 1. The summed E-state index contributed by atoms with van der Waals surface area (Å²) < 4.78 is 4.72. The molecule has 1 saturated carbocycles. The van der Waals surface area contributed by atoms with Gasteiger partial charge in [0.25, 0.3) is 0 Å². The first kappa shape index (κ1) is 20.3. The van der Waals surface area contributed by atoms with Crippen molar-refractivity contribution >= 4 is 52.3 Å². The monoisotopic (exact) mass is 400 g/mol. The molecule has 7 heteroatoms. The van der Waals surface area contributed by atoms with Crippen LogP contribution in [0, 0.1) is 0 Å². The number of methoxy groups -OCH3 is 1. The van der Waals surface area contributed by atoms with Crippen LogP contribution >= 0.6 is 35.6 Å². The second-order valence-electron chi connectivity index (χ2n) is 6.05. The van der Waals surface area contributed by atoms with Crippen LogP contribution in [0.4, 0.5) is 5.69 Å². The summed E-state index contributed by atoms with van der Waals surface area (Å²) >= 11 is 13.5. The quantitative estimate of drug-likeness (QED) is 0.387. The van der Waals surface area contributed by atoms with Crippen molar-refractivity contribution in [3.05, 3.63) is 28.8 Å². The van der Waals surface area contributed by atoms with Gasteiger partial charge >= 0.3 is 5.97 Å². The number of nitrogens with one attached hydrogen (secondary N) is 2. The molecule has 0 spiro atoms. The number of hydrogen-bond donors (Lipinski definition) is 2. The molecular formula is C18H25ClN2O2S2. The first-order chi connectivity index (χ1) is 12.1.